The van der Waals surface area contributed by atoms with Crippen LogP contribution in [0.2, 0.25) is 0 Å². The number of nitrogens with two attached hydrogens (primary N) is 1. The van der Waals surface area contributed by atoms with Crippen LogP contribution in [0.4, 0.5) is 10.1 Å². The maximum Gasteiger partial charge on any atom is 0.296 e. The van der Waals surface area contributed by atoms with Crippen molar-refractivity contribution in [3.8, 4) is 12.1 Å². The molecule has 8 nitrogen and oxygen atoms in total. The normalized spacial score (nSPS) is 29.9. The molecule has 34 heavy (non-hydrogen) atoms. The van der Waals surface area contributed by atoms with Crippen LogP contribution in [0.5, 0.6) is 6.01 Å². The van der Waals surface area contributed by atoms with Gasteiger partial charge in [0.1, 0.15) is 24.4 Å². The summed E-state index contributed by atoms with van der Waals surface area (Å²) in [6, 6.07) is 6.17. The van der Waals surface area contributed by atoms with E-state index in [2.05, 4.69) is 20.9 Å². The number of benzene rings is 1. The minimum absolute atomic E-state index is 0.109. The van der Waals surface area contributed by atoms with Crippen molar-refractivity contribution in [1.82, 2.24) is 14.9 Å². The fraction of sp³-hybridized carbons (Fsp3) is 0.560. The quantitative estimate of drug-likeness (QED) is 0.669. The Kier molecular flexibility index (Phi) is 4.94. The molecule has 0 radical (unpaired) electrons. The summed E-state index contributed by atoms with van der Waals surface area (Å²) < 4.78 is 26.4. The van der Waals surface area contributed by atoms with E-state index >= 15 is 0 Å². The van der Waals surface area contributed by atoms with Gasteiger partial charge in [-0.25, -0.2) is 9.37 Å². The molecule has 9 heteroatoms. The molecular weight excluding hydrogens is 437 g/mol. The topological polar surface area (TPSA) is 117 Å². The van der Waals surface area contributed by atoms with Crippen molar-refractivity contribution < 1.29 is 13.9 Å². The van der Waals surface area contributed by atoms with E-state index in [1.807, 2.05) is 6.07 Å². The molecule has 4 heterocycles. The fourth-order valence-corrected chi connectivity index (χ4v) is 6.59. The van der Waals surface area contributed by atoms with E-state index in [1.165, 1.54) is 0 Å². The summed E-state index contributed by atoms with van der Waals surface area (Å²) in [7, 11) is 0. The number of hydrogen-bond acceptors (Lipinski definition) is 7. The molecule has 0 bridgehead atoms. The maximum absolute atomic E-state index is 14.1. The highest BCUT2D eigenvalue weighted by Crippen LogP contribution is 2.46. The first-order valence-corrected chi connectivity index (χ1v) is 12.0. The van der Waals surface area contributed by atoms with E-state index in [0.717, 1.165) is 49.8 Å². The summed E-state index contributed by atoms with van der Waals surface area (Å²) >= 11 is 0. The van der Waals surface area contributed by atoms with Crippen molar-refractivity contribution in [2.24, 2.45) is 0 Å². The minimum atomic E-state index is -0.843. The van der Waals surface area contributed by atoms with Gasteiger partial charge in [-0.1, -0.05) is 6.07 Å². The van der Waals surface area contributed by atoms with Gasteiger partial charge in [0.2, 0.25) is 0 Å². The molecule has 0 amide bonds. The number of aromatic nitrogens is 2. The van der Waals surface area contributed by atoms with Gasteiger partial charge in [0, 0.05) is 30.6 Å². The number of hydrogen-bond donors (Lipinski definition) is 2. The minimum Gasteiger partial charge on any atom is -0.463 e. The van der Waals surface area contributed by atoms with Crippen LogP contribution in [0.3, 0.4) is 0 Å². The van der Waals surface area contributed by atoms with Crippen molar-refractivity contribution in [3.63, 3.8) is 0 Å². The maximum atomic E-state index is 14.1. The highest BCUT2D eigenvalue weighted by Gasteiger charge is 2.49. The van der Waals surface area contributed by atoms with Crippen LogP contribution in [-0.4, -0.2) is 46.3 Å². The fourth-order valence-electron chi connectivity index (χ4n) is 6.59. The first kappa shape index (κ1) is 21.6. The molecule has 3 aliphatic heterocycles. The van der Waals surface area contributed by atoms with E-state index in [1.54, 1.807) is 6.07 Å². The van der Waals surface area contributed by atoms with Crippen LogP contribution < -0.4 is 16.0 Å². The number of aromatic amines is 1. The summed E-state index contributed by atoms with van der Waals surface area (Å²) in [5.74, 6) is 0. The highest BCUT2D eigenvalue weighted by atomic mass is 19.1. The number of H-pyrrole nitrogens is 1. The second-order valence-corrected chi connectivity index (χ2v) is 10.1. The second-order valence-electron chi connectivity index (χ2n) is 10.1. The summed E-state index contributed by atoms with van der Waals surface area (Å²) in [4.78, 5) is 22.4. The molecule has 1 aromatic heterocycles. The van der Waals surface area contributed by atoms with Gasteiger partial charge in [-0.3, -0.25) is 14.7 Å². The number of nitrogen functional groups attached to an aromatic ring is 1. The number of aryl methyl sites for hydroxylation is 1. The predicted molar refractivity (Wildman–Crippen MR) is 122 cm³/mol. The van der Waals surface area contributed by atoms with Crippen LogP contribution >= 0.6 is 0 Å². The average molecular weight is 466 g/mol. The summed E-state index contributed by atoms with van der Waals surface area (Å²) in [5, 5.41) is 9.83. The monoisotopic (exact) mass is 465 g/mol. The molecule has 6 rings (SSSR count). The van der Waals surface area contributed by atoms with Gasteiger partial charge in [0.15, 0.2) is 0 Å². The molecule has 1 spiro atoms. The summed E-state index contributed by atoms with van der Waals surface area (Å²) in [6.07, 6.45) is 4.37. The SMILES string of the molecule is N#Cc1c(N)ccc2c1C1(CCC2)Cc2nc(OC[C@@]34CCCN3C[C@H](F)C4)[nH]c(=O)c2CO1. The molecular formula is C25H28FN5O3. The van der Waals surface area contributed by atoms with Gasteiger partial charge in [-0.05, 0) is 50.3 Å². The Balaban J connectivity index is 1.32. The van der Waals surface area contributed by atoms with Gasteiger partial charge in [0.25, 0.3) is 11.6 Å². The molecule has 3 atom stereocenters. The largest absolute Gasteiger partial charge is 0.463 e. The zero-order valence-corrected chi connectivity index (χ0v) is 19.0. The number of rotatable bonds is 3. The number of ether oxygens (including phenoxy) is 2. The Hall–Kier alpha value is -2.96. The standard InChI is InChI=1S/C25H28FN5O3/c26-16-9-24(6-2-8-31(24)12-16)14-33-23-29-20-10-25(34-13-18(20)22(32)30-23)7-1-3-15-4-5-19(28)17(11-27)21(15)25/h4-5,16H,1-3,6-10,12-14,28H2,(H,29,30,32)/t16-,24+,25?/m1/s1. The molecule has 2 fully saturated rings. The van der Waals surface area contributed by atoms with Crippen molar-refractivity contribution in [2.75, 3.05) is 25.4 Å². The smallest absolute Gasteiger partial charge is 0.296 e. The molecule has 0 saturated carbocycles. The lowest BCUT2D eigenvalue weighted by molar-refractivity contribution is -0.0863. The third kappa shape index (κ3) is 3.23. The summed E-state index contributed by atoms with van der Waals surface area (Å²) in [5.41, 5.74) is 8.67. The Morgan fingerprint density at radius 1 is 1.38 bits per heavy atom. The Labute approximate surface area is 196 Å². The predicted octanol–water partition coefficient (Wildman–Crippen LogP) is 2.48. The molecule has 1 unspecified atom stereocenters. The number of halogens is 1. The second kappa shape index (κ2) is 7.79. The van der Waals surface area contributed by atoms with Crippen molar-refractivity contribution in [3.05, 3.63) is 50.4 Å². The zero-order valence-electron chi connectivity index (χ0n) is 19.0. The number of nitriles is 1. The molecule has 2 saturated heterocycles. The van der Waals surface area contributed by atoms with Crippen LogP contribution in [0.25, 0.3) is 0 Å². The van der Waals surface area contributed by atoms with Gasteiger partial charge in [-0.15, -0.1) is 0 Å². The Bertz CT molecular complexity index is 1260. The lowest BCUT2D eigenvalue weighted by Crippen LogP contribution is -2.44. The van der Waals surface area contributed by atoms with Crippen LogP contribution in [0.1, 0.15) is 60.1 Å². The van der Waals surface area contributed by atoms with Crippen molar-refractivity contribution in [2.45, 2.75) is 68.9 Å². The third-order valence-corrected chi connectivity index (χ3v) is 8.18. The van der Waals surface area contributed by atoms with E-state index in [0.29, 0.717) is 48.5 Å². The summed E-state index contributed by atoms with van der Waals surface area (Å²) in [6.45, 7) is 1.73. The van der Waals surface area contributed by atoms with E-state index < -0.39 is 11.8 Å². The van der Waals surface area contributed by atoms with Crippen LogP contribution in [-0.2, 0) is 29.8 Å². The zero-order chi connectivity index (χ0) is 23.5. The van der Waals surface area contributed by atoms with Gasteiger partial charge < -0.3 is 15.2 Å². The first-order valence-electron chi connectivity index (χ1n) is 12.0. The number of nitrogens with one attached hydrogen (secondary N) is 1. The highest BCUT2D eigenvalue weighted by molar-refractivity contribution is 5.63. The first-order chi connectivity index (χ1) is 16.4. The number of alkyl halides is 1. The van der Waals surface area contributed by atoms with Crippen LogP contribution in [0.15, 0.2) is 16.9 Å². The third-order valence-electron chi connectivity index (χ3n) is 8.18. The van der Waals surface area contributed by atoms with E-state index in [9.17, 15) is 14.4 Å². The Morgan fingerprint density at radius 3 is 3.12 bits per heavy atom. The average Bonchev–Trinajstić information content (AvgIpc) is 3.34. The van der Waals surface area contributed by atoms with Crippen LogP contribution in [0, 0.1) is 11.3 Å². The molecule has 1 aliphatic carbocycles. The van der Waals surface area contributed by atoms with Crippen molar-refractivity contribution >= 4 is 5.69 Å². The lowest BCUT2D eigenvalue weighted by Gasteiger charge is -2.42. The number of nitrogens with zero attached hydrogens (tertiary/aromatic N) is 3. The van der Waals surface area contributed by atoms with Gasteiger partial charge in [-0.2, -0.15) is 5.26 Å². The number of anilines is 1. The molecule has 4 aliphatic rings. The number of fused-ring (bicyclic) bond motifs is 4. The molecule has 178 valence electrons. The van der Waals surface area contributed by atoms with Crippen molar-refractivity contribution in [1.29, 1.82) is 5.26 Å². The van der Waals surface area contributed by atoms with E-state index in [4.69, 9.17) is 15.2 Å². The van der Waals surface area contributed by atoms with E-state index in [-0.39, 0.29) is 23.7 Å². The lowest BCUT2D eigenvalue weighted by atomic mass is 9.73. The molecule has 3 N–H and O–H groups in total. The van der Waals surface area contributed by atoms with Gasteiger partial charge in [0.05, 0.1) is 29.0 Å². The Morgan fingerprint density at radius 2 is 2.26 bits per heavy atom. The van der Waals surface area contributed by atoms with Gasteiger partial charge >= 0.3 is 0 Å². The molecule has 1 aromatic carbocycles. The molecule has 2 aromatic rings.